The highest BCUT2D eigenvalue weighted by molar-refractivity contribution is 6.31. The Bertz CT molecular complexity index is 1000. The van der Waals surface area contributed by atoms with E-state index in [-0.39, 0.29) is 0 Å². The molecule has 0 aliphatic heterocycles. The van der Waals surface area contributed by atoms with Gasteiger partial charge in [-0.1, -0.05) is 36.7 Å². The number of halogens is 1. The zero-order valence-corrected chi connectivity index (χ0v) is 16.4. The maximum atomic E-state index is 12.6. The van der Waals surface area contributed by atoms with Gasteiger partial charge in [0.2, 0.25) is 0 Å². The fourth-order valence-electron chi connectivity index (χ4n) is 3.22. The number of amides is 2. The molecule has 2 unspecified atom stereocenters. The molecule has 3 aromatic rings. The van der Waals surface area contributed by atoms with Gasteiger partial charge >= 0.3 is 6.03 Å². The molecule has 1 aliphatic rings. The molecule has 2 amide bonds. The molecule has 0 radical (unpaired) electrons. The SMILES string of the molecule is COc1ccc(Cl)cc1NC(=O)Nc1cc(C2CC2C)nn1-c1ccccc1. The van der Waals surface area contributed by atoms with Crippen LogP contribution in [0.1, 0.15) is 25.0 Å². The summed E-state index contributed by atoms with van der Waals surface area (Å²) in [5.74, 6) is 2.21. The molecule has 2 aromatic carbocycles. The quantitative estimate of drug-likeness (QED) is 0.614. The number of anilines is 2. The maximum Gasteiger partial charge on any atom is 0.324 e. The van der Waals surface area contributed by atoms with E-state index in [1.165, 1.54) is 0 Å². The van der Waals surface area contributed by atoms with Crippen molar-refractivity contribution in [2.45, 2.75) is 19.3 Å². The van der Waals surface area contributed by atoms with Gasteiger partial charge in [-0.15, -0.1) is 0 Å². The normalized spacial score (nSPS) is 17.8. The Morgan fingerprint density at radius 2 is 1.93 bits per heavy atom. The van der Waals surface area contributed by atoms with Crippen molar-refractivity contribution in [2.24, 2.45) is 5.92 Å². The minimum absolute atomic E-state index is 0.395. The number of rotatable bonds is 5. The van der Waals surface area contributed by atoms with Gasteiger partial charge in [-0.25, -0.2) is 9.48 Å². The van der Waals surface area contributed by atoms with Gasteiger partial charge in [0.15, 0.2) is 0 Å². The molecule has 0 bridgehead atoms. The minimum atomic E-state index is -0.395. The number of hydrogen-bond donors (Lipinski definition) is 2. The second-order valence-electron chi connectivity index (χ2n) is 6.95. The first-order chi connectivity index (χ1) is 13.5. The van der Waals surface area contributed by atoms with Crippen LogP contribution in [-0.4, -0.2) is 22.9 Å². The van der Waals surface area contributed by atoms with E-state index in [0.29, 0.717) is 34.1 Å². The summed E-state index contributed by atoms with van der Waals surface area (Å²) in [4.78, 5) is 12.6. The zero-order valence-electron chi connectivity index (χ0n) is 15.6. The molecule has 144 valence electrons. The number of hydrogen-bond acceptors (Lipinski definition) is 3. The van der Waals surface area contributed by atoms with Crippen LogP contribution in [0.25, 0.3) is 5.69 Å². The molecule has 7 heteroatoms. The van der Waals surface area contributed by atoms with Gasteiger partial charge in [-0.3, -0.25) is 5.32 Å². The third-order valence-corrected chi connectivity index (χ3v) is 5.10. The van der Waals surface area contributed by atoms with E-state index < -0.39 is 6.03 Å². The standard InChI is InChI=1S/C21H21ClN4O2/c1-13-10-16(13)17-12-20(26(25-17)15-6-4-3-5-7-15)24-21(27)23-18-11-14(22)8-9-19(18)28-2/h3-9,11-13,16H,10H2,1-2H3,(H2,23,24,27). The highest BCUT2D eigenvalue weighted by atomic mass is 35.5. The molecule has 1 aromatic heterocycles. The maximum absolute atomic E-state index is 12.6. The van der Waals surface area contributed by atoms with Gasteiger partial charge in [-0.2, -0.15) is 5.10 Å². The van der Waals surface area contributed by atoms with Crippen LogP contribution < -0.4 is 15.4 Å². The van der Waals surface area contributed by atoms with Crippen LogP contribution in [0, 0.1) is 5.92 Å². The van der Waals surface area contributed by atoms with Crippen molar-refractivity contribution in [2.75, 3.05) is 17.7 Å². The smallest absolute Gasteiger partial charge is 0.324 e. The Hall–Kier alpha value is -2.99. The zero-order chi connectivity index (χ0) is 19.7. The highest BCUT2D eigenvalue weighted by Crippen LogP contribution is 2.47. The summed E-state index contributed by atoms with van der Waals surface area (Å²) >= 11 is 6.04. The molecule has 1 heterocycles. The fourth-order valence-corrected chi connectivity index (χ4v) is 3.39. The van der Waals surface area contributed by atoms with E-state index in [1.54, 1.807) is 30.0 Å². The number of para-hydroxylation sites is 1. The Labute approximate surface area is 168 Å². The Kier molecular flexibility index (Phi) is 4.96. The lowest BCUT2D eigenvalue weighted by Crippen LogP contribution is -2.21. The van der Waals surface area contributed by atoms with E-state index in [1.807, 2.05) is 36.4 Å². The van der Waals surface area contributed by atoms with E-state index in [9.17, 15) is 4.79 Å². The predicted molar refractivity (Wildman–Crippen MR) is 111 cm³/mol. The average Bonchev–Trinajstić information content (AvgIpc) is 3.27. The number of urea groups is 1. The number of aromatic nitrogens is 2. The molecule has 2 atom stereocenters. The van der Waals surface area contributed by atoms with Gasteiger partial charge in [0.05, 0.1) is 24.2 Å². The van der Waals surface area contributed by atoms with Gasteiger partial charge in [0.25, 0.3) is 0 Å². The van der Waals surface area contributed by atoms with E-state index in [4.69, 9.17) is 21.4 Å². The molecular weight excluding hydrogens is 376 g/mol. The molecule has 1 fully saturated rings. The lowest BCUT2D eigenvalue weighted by Gasteiger charge is -2.12. The first kappa shape index (κ1) is 18.4. The Morgan fingerprint density at radius 3 is 2.61 bits per heavy atom. The topological polar surface area (TPSA) is 68.2 Å². The fraction of sp³-hybridized carbons (Fsp3) is 0.238. The first-order valence-corrected chi connectivity index (χ1v) is 9.50. The van der Waals surface area contributed by atoms with Crippen LogP contribution >= 0.6 is 11.6 Å². The Morgan fingerprint density at radius 1 is 1.18 bits per heavy atom. The van der Waals surface area contributed by atoms with Crippen molar-refractivity contribution >= 4 is 29.1 Å². The number of ether oxygens (including phenoxy) is 1. The molecule has 2 N–H and O–H groups in total. The molecule has 0 spiro atoms. The van der Waals surface area contributed by atoms with Crippen molar-refractivity contribution < 1.29 is 9.53 Å². The molecule has 6 nitrogen and oxygen atoms in total. The van der Waals surface area contributed by atoms with Crippen molar-refractivity contribution in [1.82, 2.24) is 9.78 Å². The lowest BCUT2D eigenvalue weighted by molar-refractivity contribution is 0.262. The van der Waals surface area contributed by atoms with Crippen molar-refractivity contribution in [3.05, 3.63) is 65.3 Å². The summed E-state index contributed by atoms with van der Waals surface area (Å²) < 4.78 is 7.04. The van der Waals surface area contributed by atoms with Crippen LogP contribution in [-0.2, 0) is 0 Å². The largest absolute Gasteiger partial charge is 0.495 e. The number of nitrogens with one attached hydrogen (secondary N) is 2. The van der Waals surface area contributed by atoms with E-state index in [0.717, 1.165) is 17.8 Å². The summed E-state index contributed by atoms with van der Waals surface area (Å²) in [6.07, 6.45) is 1.12. The number of methoxy groups -OCH3 is 1. The van der Waals surface area contributed by atoms with Gasteiger partial charge in [0.1, 0.15) is 11.6 Å². The van der Waals surface area contributed by atoms with Crippen molar-refractivity contribution in [1.29, 1.82) is 0 Å². The predicted octanol–water partition coefficient (Wildman–Crippen LogP) is 5.30. The molecule has 28 heavy (non-hydrogen) atoms. The number of carbonyl (C=O) groups excluding carboxylic acids is 1. The van der Waals surface area contributed by atoms with Gasteiger partial charge < -0.3 is 10.1 Å². The monoisotopic (exact) mass is 396 g/mol. The first-order valence-electron chi connectivity index (χ1n) is 9.12. The molecule has 1 saturated carbocycles. The second kappa shape index (κ2) is 7.56. The number of nitrogens with zero attached hydrogens (tertiary/aromatic N) is 2. The van der Waals surface area contributed by atoms with Gasteiger partial charge in [0, 0.05) is 17.0 Å². The lowest BCUT2D eigenvalue weighted by atomic mass is 10.2. The van der Waals surface area contributed by atoms with E-state index in [2.05, 4.69) is 17.6 Å². The summed E-state index contributed by atoms with van der Waals surface area (Å²) in [5.41, 5.74) is 2.37. The van der Waals surface area contributed by atoms with Gasteiger partial charge in [-0.05, 0) is 42.7 Å². The third kappa shape index (κ3) is 3.82. The van der Waals surface area contributed by atoms with Crippen LogP contribution in [0.4, 0.5) is 16.3 Å². The average molecular weight is 397 g/mol. The van der Waals surface area contributed by atoms with Crippen LogP contribution in [0.3, 0.4) is 0 Å². The van der Waals surface area contributed by atoms with Crippen LogP contribution in [0.15, 0.2) is 54.6 Å². The van der Waals surface area contributed by atoms with E-state index >= 15 is 0 Å². The molecule has 4 rings (SSSR count). The number of benzene rings is 2. The van der Waals surface area contributed by atoms with Crippen molar-refractivity contribution in [3.63, 3.8) is 0 Å². The van der Waals surface area contributed by atoms with Crippen LogP contribution in [0.5, 0.6) is 5.75 Å². The summed E-state index contributed by atoms with van der Waals surface area (Å²) in [6, 6.07) is 16.3. The van der Waals surface area contributed by atoms with Crippen LogP contribution in [0.2, 0.25) is 5.02 Å². The molecule has 0 saturated heterocycles. The van der Waals surface area contributed by atoms with Crippen molar-refractivity contribution in [3.8, 4) is 11.4 Å². The molecule has 1 aliphatic carbocycles. The molecular formula is C21H21ClN4O2. The summed E-state index contributed by atoms with van der Waals surface area (Å²) in [7, 11) is 1.54. The second-order valence-corrected chi connectivity index (χ2v) is 7.38. The number of carbonyl (C=O) groups is 1. The summed E-state index contributed by atoms with van der Waals surface area (Å²) in [5, 5.41) is 10.9. The third-order valence-electron chi connectivity index (χ3n) is 4.87. The highest BCUT2D eigenvalue weighted by Gasteiger charge is 2.36. The minimum Gasteiger partial charge on any atom is -0.495 e. The Balaban J connectivity index is 1.59. The summed E-state index contributed by atoms with van der Waals surface area (Å²) in [6.45, 7) is 2.21.